The molecule has 2 aromatic rings. The van der Waals surface area contributed by atoms with Crippen LogP contribution >= 0.6 is 11.6 Å². The molecule has 3 heteroatoms. The van der Waals surface area contributed by atoms with Crippen LogP contribution in [-0.2, 0) is 0 Å². The third kappa shape index (κ3) is 3.95. The summed E-state index contributed by atoms with van der Waals surface area (Å²) in [5, 5.41) is 0.727. The maximum atomic E-state index is 6.10. The second-order valence-corrected chi connectivity index (χ2v) is 10.6. The van der Waals surface area contributed by atoms with E-state index in [1.165, 1.54) is 0 Å². The molecule has 0 atom stereocenters. The molecule has 0 radical (unpaired) electrons. The lowest BCUT2D eigenvalue weighted by Gasteiger charge is -2.07. The molecule has 96 valence electrons. The first kappa shape index (κ1) is 13.9. The third-order valence-corrected chi connectivity index (χ3v) is 3.66. The molecule has 1 aromatic carbocycles. The molecule has 1 nitrogen and oxygen atoms in total. The van der Waals surface area contributed by atoms with Crippen LogP contribution in [0.5, 0.6) is 0 Å². The summed E-state index contributed by atoms with van der Waals surface area (Å²) in [5.41, 5.74) is 6.59. The van der Waals surface area contributed by atoms with Crippen LogP contribution in [0.25, 0.3) is 11.1 Å². The summed E-state index contributed by atoms with van der Waals surface area (Å²) >= 11 is 6.10. The van der Waals surface area contributed by atoms with Crippen molar-refractivity contribution in [2.24, 2.45) is 0 Å². The Kier molecular flexibility index (Phi) is 4.09. The number of hydrogen-bond donors (Lipinski definition) is 0. The maximum Gasteiger partial charge on any atom is 0.129 e. The zero-order valence-electron chi connectivity index (χ0n) is 11.4. The SMILES string of the molecule is C[Si](C)(C)C#Cc1ccc(Cl)cc1-c1ccncc1. The molecule has 1 heterocycles. The molecule has 1 aromatic heterocycles. The van der Waals surface area contributed by atoms with E-state index in [0.29, 0.717) is 0 Å². The van der Waals surface area contributed by atoms with Gasteiger partial charge < -0.3 is 0 Å². The summed E-state index contributed by atoms with van der Waals surface area (Å²) in [6.07, 6.45) is 3.57. The van der Waals surface area contributed by atoms with Crippen molar-refractivity contribution in [3.8, 4) is 22.6 Å². The molecule has 0 aliphatic carbocycles. The van der Waals surface area contributed by atoms with Gasteiger partial charge in [0.2, 0.25) is 0 Å². The molecule has 0 saturated heterocycles. The molecule has 0 fully saturated rings. The van der Waals surface area contributed by atoms with Crippen LogP contribution in [0.4, 0.5) is 0 Å². The molecular formula is C16H16ClNSi. The zero-order valence-corrected chi connectivity index (χ0v) is 13.1. The Balaban J connectivity index is 2.53. The summed E-state index contributed by atoms with van der Waals surface area (Å²) in [7, 11) is -1.38. The minimum atomic E-state index is -1.38. The predicted octanol–water partition coefficient (Wildman–Crippen LogP) is 4.63. The van der Waals surface area contributed by atoms with E-state index in [4.69, 9.17) is 11.6 Å². The number of rotatable bonds is 1. The molecule has 2 rings (SSSR count). The lowest BCUT2D eigenvalue weighted by atomic mass is 10.0. The highest BCUT2D eigenvalue weighted by atomic mass is 35.5. The molecule has 0 amide bonds. The minimum Gasteiger partial charge on any atom is -0.265 e. The molecule has 0 spiro atoms. The summed E-state index contributed by atoms with van der Waals surface area (Å²) in [6, 6.07) is 9.80. The number of hydrogen-bond acceptors (Lipinski definition) is 1. The lowest BCUT2D eigenvalue weighted by Crippen LogP contribution is -2.16. The fraction of sp³-hybridized carbons (Fsp3) is 0.188. The van der Waals surface area contributed by atoms with Gasteiger partial charge in [0.05, 0.1) is 0 Å². The minimum absolute atomic E-state index is 0.727. The lowest BCUT2D eigenvalue weighted by molar-refractivity contribution is 1.33. The summed E-state index contributed by atoms with van der Waals surface area (Å²) in [4.78, 5) is 4.05. The molecule has 0 N–H and O–H groups in total. The monoisotopic (exact) mass is 285 g/mol. The van der Waals surface area contributed by atoms with Crippen LogP contribution in [0.3, 0.4) is 0 Å². The van der Waals surface area contributed by atoms with Gasteiger partial charge in [0.25, 0.3) is 0 Å². The quantitative estimate of drug-likeness (QED) is 0.550. The van der Waals surface area contributed by atoms with Gasteiger partial charge in [-0.1, -0.05) is 37.2 Å². The van der Waals surface area contributed by atoms with Gasteiger partial charge in [-0.2, -0.15) is 0 Å². The highest BCUT2D eigenvalue weighted by Gasteiger charge is 2.09. The number of benzene rings is 1. The molecule has 0 aliphatic heterocycles. The van der Waals surface area contributed by atoms with E-state index in [2.05, 4.69) is 36.1 Å². The van der Waals surface area contributed by atoms with Gasteiger partial charge in [-0.25, -0.2) is 0 Å². The van der Waals surface area contributed by atoms with Crippen molar-refractivity contribution in [2.45, 2.75) is 19.6 Å². The van der Waals surface area contributed by atoms with Crippen molar-refractivity contribution >= 4 is 19.7 Å². The molecule has 0 bridgehead atoms. The van der Waals surface area contributed by atoms with E-state index in [-0.39, 0.29) is 0 Å². The topological polar surface area (TPSA) is 12.9 Å². The van der Waals surface area contributed by atoms with E-state index in [9.17, 15) is 0 Å². The van der Waals surface area contributed by atoms with Crippen molar-refractivity contribution in [3.63, 3.8) is 0 Å². The van der Waals surface area contributed by atoms with Crippen LogP contribution in [-0.4, -0.2) is 13.1 Å². The molecule has 0 aliphatic rings. The summed E-state index contributed by atoms with van der Waals surface area (Å²) in [6.45, 7) is 6.71. The van der Waals surface area contributed by atoms with Gasteiger partial charge in [0.15, 0.2) is 0 Å². The van der Waals surface area contributed by atoms with Gasteiger partial charge in [0.1, 0.15) is 8.07 Å². The average molecular weight is 286 g/mol. The van der Waals surface area contributed by atoms with Crippen LogP contribution in [0, 0.1) is 11.5 Å². The van der Waals surface area contributed by atoms with Gasteiger partial charge in [-0.15, -0.1) is 5.54 Å². The first-order chi connectivity index (χ1) is 8.96. The third-order valence-electron chi connectivity index (χ3n) is 2.55. The Morgan fingerprint density at radius 3 is 2.37 bits per heavy atom. The number of halogens is 1. The van der Waals surface area contributed by atoms with Gasteiger partial charge in [-0.05, 0) is 41.5 Å². The van der Waals surface area contributed by atoms with Crippen LogP contribution < -0.4 is 0 Å². The van der Waals surface area contributed by atoms with E-state index in [0.717, 1.165) is 21.7 Å². The smallest absolute Gasteiger partial charge is 0.129 e. The van der Waals surface area contributed by atoms with Gasteiger partial charge in [-0.3, -0.25) is 4.98 Å². The highest BCUT2D eigenvalue weighted by molar-refractivity contribution is 6.83. The zero-order chi connectivity index (χ0) is 13.9. The van der Waals surface area contributed by atoms with Crippen molar-refractivity contribution in [1.82, 2.24) is 4.98 Å². The van der Waals surface area contributed by atoms with Gasteiger partial charge in [0, 0.05) is 23.0 Å². The first-order valence-corrected chi connectivity index (χ1v) is 10.1. The first-order valence-electron chi connectivity index (χ1n) is 6.19. The fourth-order valence-electron chi connectivity index (χ4n) is 1.65. The van der Waals surface area contributed by atoms with Crippen molar-refractivity contribution in [3.05, 3.63) is 53.3 Å². The van der Waals surface area contributed by atoms with Crippen molar-refractivity contribution < 1.29 is 0 Å². The van der Waals surface area contributed by atoms with Crippen LogP contribution in [0.15, 0.2) is 42.7 Å². The number of pyridine rings is 1. The van der Waals surface area contributed by atoms with Crippen LogP contribution in [0.1, 0.15) is 5.56 Å². The Morgan fingerprint density at radius 2 is 1.74 bits per heavy atom. The van der Waals surface area contributed by atoms with E-state index in [1.807, 2.05) is 30.3 Å². The largest absolute Gasteiger partial charge is 0.265 e. The highest BCUT2D eigenvalue weighted by Crippen LogP contribution is 2.26. The fourth-order valence-corrected chi connectivity index (χ4v) is 2.33. The normalized spacial score (nSPS) is 10.7. The maximum absolute atomic E-state index is 6.10. The van der Waals surface area contributed by atoms with E-state index >= 15 is 0 Å². The van der Waals surface area contributed by atoms with E-state index < -0.39 is 8.07 Å². The summed E-state index contributed by atoms with van der Waals surface area (Å²) < 4.78 is 0. The summed E-state index contributed by atoms with van der Waals surface area (Å²) in [5.74, 6) is 3.31. The van der Waals surface area contributed by atoms with Gasteiger partial charge >= 0.3 is 0 Å². The Morgan fingerprint density at radius 1 is 1.05 bits per heavy atom. The number of nitrogens with zero attached hydrogens (tertiary/aromatic N) is 1. The Labute approximate surface area is 120 Å². The van der Waals surface area contributed by atoms with Crippen LogP contribution in [0.2, 0.25) is 24.7 Å². The molecular weight excluding hydrogens is 270 g/mol. The second-order valence-electron chi connectivity index (χ2n) is 5.43. The number of aromatic nitrogens is 1. The Bertz CT molecular complexity index is 633. The molecule has 0 unspecified atom stereocenters. The Hall–Kier alpha value is -1.56. The van der Waals surface area contributed by atoms with Crippen molar-refractivity contribution in [2.75, 3.05) is 0 Å². The predicted molar refractivity (Wildman–Crippen MR) is 84.9 cm³/mol. The standard InChI is InChI=1S/C16H16ClNSi/c1-19(2,3)11-8-13-4-5-15(17)12-16(13)14-6-9-18-10-7-14/h4-7,9-10,12H,1-3H3. The molecule has 19 heavy (non-hydrogen) atoms. The second kappa shape index (κ2) is 5.60. The average Bonchev–Trinajstić information content (AvgIpc) is 2.37. The molecule has 0 saturated carbocycles. The van der Waals surface area contributed by atoms with Crippen molar-refractivity contribution in [1.29, 1.82) is 0 Å². The van der Waals surface area contributed by atoms with E-state index in [1.54, 1.807) is 12.4 Å².